The molecule has 2 aliphatic carbocycles. The maximum absolute atomic E-state index is 15.2. The monoisotopic (exact) mass is 1080 g/mol. The van der Waals surface area contributed by atoms with Gasteiger partial charge in [0.25, 0.3) is 0 Å². The van der Waals surface area contributed by atoms with Gasteiger partial charge in [0.05, 0.1) is 42.8 Å². The molecule has 2 aromatic carbocycles. The Morgan fingerprint density at radius 1 is 0.756 bits per heavy atom. The van der Waals surface area contributed by atoms with E-state index in [1.807, 2.05) is 6.07 Å². The molecule has 2 saturated carbocycles. The molecule has 4 fully saturated rings. The van der Waals surface area contributed by atoms with E-state index in [9.17, 15) is 28.8 Å². The van der Waals surface area contributed by atoms with Gasteiger partial charge in [0.15, 0.2) is 11.8 Å². The van der Waals surface area contributed by atoms with Crippen LogP contribution in [0.1, 0.15) is 91.4 Å². The van der Waals surface area contributed by atoms with E-state index in [0.717, 1.165) is 40.1 Å². The van der Waals surface area contributed by atoms with Gasteiger partial charge in [0.1, 0.15) is 50.7 Å². The smallest absolute Gasteiger partial charge is 0.351 e. The first-order valence-corrected chi connectivity index (χ1v) is 26.4. The van der Waals surface area contributed by atoms with Gasteiger partial charge < -0.3 is 40.1 Å². The van der Waals surface area contributed by atoms with E-state index < -0.39 is 109 Å². The molecule has 0 bridgehead atoms. The van der Waals surface area contributed by atoms with Crippen molar-refractivity contribution in [3.05, 3.63) is 147 Å². The number of carbonyl (C=O) groups excluding carboxylic acids is 5. The Labute approximate surface area is 447 Å². The molecule has 4 aromatic rings. The molecule has 22 heteroatoms. The van der Waals surface area contributed by atoms with Gasteiger partial charge in [-0.1, -0.05) is 85.8 Å². The highest BCUT2D eigenvalue weighted by Gasteiger charge is 2.44. The van der Waals surface area contributed by atoms with Gasteiger partial charge in [0.2, 0.25) is 35.5 Å². The summed E-state index contributed by atoms with van der Waals surface area (Å²) in [5, 5.41) is 8.69. The molecule has 2 saturated heterocycles. The largest absolute Gasteiger partial charge is 0.477 e. The van der Waals surface area contributed by atoms with Crippen LogP contribution in [0.3, 0.4) is 0 Å². The Bertz CT molecular complexity index is 3100. The summed E-state index contributed by atoms with van der Waals surface area (Å²) in [7, 11) is 0. The van der Waals surface area contributed by atoms with E-state index in [2.05, 4.69) is 30.9 Å². The zero-order valence-corrected chi connectivity index (χ0v) is 43.0. The van der Waals surface area contributed by atoms with Crippen LogP contribution in [0, 0.1) is 24.7 Å². The lowest BCUT2D eigenvalue weighted by molar-refractivity contribution is -0.139. The number of dihydropyridines is 1. The van der Waals surface area contributed by atoms with Crippen molar-refractivity contribution in [1.82, 2.24) is 45.2 Å². The Hall–Kier alpha value is -7.91. The number of rotatable bonds is 18. The number of benzene rings is 2. The van der Waals surface area contributed by atoms with Gasteiger partial charge in [0, 0.05) is 42.3 Å². The SMILES string of the molecule is Cc1cn(CC(=O)N2C[C@H](F)C[C@H]2C(=O)N[C@@H](c2ccccc2)c2ccc(C3CC3)c(F)n2)c(=O)nc1OCCOC1=NC(=O)N(CC(=O)N2C[C@H](F)C[C@H]2C(=O)N[C@@H](c2ccccc2)C2C=CC(C3CC3)=C(F)N2)CC1C. The second-order valence-electron chi connectivity index (χ2n) is 20.9. The molecular formula is C56H60F4N10O8. The summed E-state index contributed by atoms with van der Waals surface area (Å²) in [6.07, 6.45) is 4.88. The van der Waals surface area contributed by atoms with Gasteiger partial charge in [-0.2, -0.15) is 18.8 Å². The van der Waals surface area contributed by atoms with Crippen molar-refractivity contribution in [3.8, 4) is 5.88 Å². The summed E-state index contributed by atoms with van der Waals surface area (Å²) in [5.74, 6) is -3.94. The maximum atomic E-state index is 15.2. The van der Waals surface area contributed by atoms with Crippen LogP contribution < -0.4 is 26.4 Å². The molecule has 3 N–H and O–H groups in total. The number of aromatic nitrogens is 3. The molecule has 10 rings (SSSR count). The van der Waals surface area contributed by atoms with Crippen molar-refractivity contribution in [3.63, 3.8) is 0 Å². The second-order valence-corrected chi connectivity index (χ2v) is 20.9. The number of alkyl halides is 2. The third-order valence-electron chi connectivity index (χ3n) is 15.0. The maximum Gasteiger partial charge on any atom is 0.351 e. The second kappa shape index (κ2) is 23.0. The van der Waals surface area contributed by atoms with Gasteiger partial charge in [-0.15, -0.1) is 0 Å². The fourth-order valence-electron chi connectivity index (χ4n) is 10.6. The summed E-state index contributed by atoms with van der Waals surface area (Å²) in [6.45, 7) is 1.27. The predicted octanol–water partition coefficient (Wildman–Crippen LogP) is 5.59. The number of urea groups is 1. The molecule has 2 aromatic heterocycles. The topological polar surface area (TPSA) is 210 Å². The van der Waals surface area contributed by atoms with Crippen LogP contribution in [0.5, 0.6) is 5.88 Å². The number of likely N-dealkylation sites (tertiary alicyclic amines) is 2. The minimum atomic E-state index is -1.52. The Morgan fingerprint density at radius 3 is 2.00 bits per heavy atom. The Kier molecular flexibility index (Phi) is 15.8. The van der Waals surface area contributed by atoms with Crippen LogP contribution in [0.25, 0.3) is 0 Å². The van der Waals surface area contributed by atoms with Crippen molar-refractivity contribution >= 4 is 35.6 Å². The lowest BCUT2D eigenvalue weighted by Gasteiger charge is -2.33. The summed E-state index contributed by atoms with van der Waals surface area (Å²) in [5.41, 5.74) is 2.14. The third-order valence-corrected chi connectivity index (χ3v) is 15.0. The van der Waals surface area contributed by atoms with E-state index in [1.165, 1.54) is 11.1 Å². The zero-order valence-electron chi connectivity index (χ0n) is 43.0. The van der Waals surface area contributed by atoms with Crippen molar-refractivity contribution < 1.29 is 51.0 Å². The molecule has 78 heavy (non-hydrogen) atoms. The summed E-state index contributed by atoms with van der Waals surface area (Å²) in [4.78, 5) is 97.4. The molecule has 6 aliphatic rings. The summed E-state index contributed by atoms with van der Waals surface area (Å²) < 4.78 is 73.0. The minimum absolute atomic E-state index is 0.0137. The van der Waals surface area contributed by atoms with E-state index in [4.69, 9.17) is 9.47 Å². The van der Waals surface area contributed by atoms with Crippen LogP contribution >= 0.6 is 0 Å². The number of allylic oxidation sites excluding steroid dienone is 2. The van der Waals surface area contributed by atoms with E-state index in [-0.39, 0.29) is 75.0 Å². The first-order valence-electron chi connectivity index (χ1n) is 26.4. The van der Waals surface area contributed by atoms with E-state index in [1.54, 1.807) is 92.7 Å². The number of aryl methyl sites for hydroxylation is 1. The quantitative estimate of drug-likeness (QED) is 0.0484. The molecule has 2 unspecified atom stereocenters. The van der Waals surface area contributed by atoms with Crippen molar-refractivity contribution in [2.24, 2.45) is 16.8 Å². The third kappa shape index (κ3) is 12.1. The van der Waals surface area contributed by atoms with E-state index in [0.29, 0.717) is 27.8 Å². The lowest BCUT2D eigenvalue weighted by atomic mass is 9.95. The highest BCUT2D eigenvalue weighted by Crippen LogP contribution is 2.42. The molecule has 0 spiro atoms. The Morgan fingerprint density at radius 2 is 1.37 bits per heavy atom. The normalized spacial score (nSPS) is 23.8. The number of carbonyl (C=O) groups is 5. The molecule has 8 atom stereocenters. The number of nitrogens with zero attached hydrogens (tertiary/aromatic N) is 7. The highest BCUT2D eigenvalue weighted by molar-refractivity contribution is 5.97. The standard InChI is InChI=1S/C56H60F4N10O8/c1-31-25-67(29-45(71)69-27-37(57)23-43(69)51(73)63-47(35-9-5-3-6-10-35)41-19-17-39(33-13-14-33)49(59)61-41)55(75)65-53(31)77-21-22-78-54-32(2)26-68(56(76)66-54)30-46(72)70-28-38(58)24-44(70)52(74)64-48(36-11-7-4-8-12-36)42-20-18-40(34-15-16-34)50(60)62-42/h3-12,17-20,25,32-34,37-38,42-44,47-48,62H,13-16,21-24,26-30H2,1-2H3,(H,63,73)(H,64,74)/t32?,37-,38-,42?,43+,44+,47+,48+/m1/s1. The molecule has 4 aliphatic heterocycles. The average Bonchev–Trinajstić information content (AvgIpc) is 4.45. The van der Waals surface area contributed by atoms with Crippen molar-refractivity contribution in [1.29, 1.82) is 0 Å². The number of halogens is 4. The predicted molar refractivity (Wildman–Crippen MR) is 275 cm³/mol. The number of pyridine rings is 1. The molecular weight excluding hydrogens is 1020 g/mol. The number of ether oxygens (including phenoxy) is 2. The first kappa shape index (κ1) is 53.5. The average molecular weight is 1080 g/mol. The van der Waals surface area contributed by atoms with Crippen LogP contribution in [-0.2, 0) is 30.5 Å². The number of hydrogen-bond donors (Lipinski definition) is 3. The molecule has 18 nitrogen and oxygen atoms in total. The highest BCUT2D eigenvalue weighted by atomic mass is 19.1. The Balaban J connectivity index is 0.709. The van der Waals surface area contributed by atoms with Gasteiger partial charge in [-0.05, 0) is 61.6 Å². The summed E-state index contributed by atoms with van der Waals surface area (Å²) in [6, 6.07) is 15.6. The van der Waals surface area contributed by atoms with Crippen molar-refractivity contribution in [2.45, 2.75) is 107 Å². The molecule has 410 valence electrons. The minimum Gasteiger partial charge on any atom is -0.477 e. The fraction of sp³-hybridized carbons (Fsp3) is 0.446. The number of aliphatic imine (C=N–C) groups is 1. The van der Waals surface area contributed by atoms with E-state index >= 15 is 17.6 Å². The molecule has 6 amide bonds. The lowest BCUT2D eigenvalue weighted by Crippen LogP contribution is -2.53. The number of hydrogen-bond acceptors (Lipinski definition) is 11. The number of amides is 6. The van der Waals surface area contributed by atoms with Gasteiger partial charge in [-0.3, -0.25) is 23.7 Å². The first-order chi connectivity index (χ1) is 37.6. The van der Waals surface area contributed by atoms with Crippen LogP contribution in [-0.4, -0.2) is 135 Å². The van der Waals surface area contributed by atoms with Gasteiger partial charge >= 0.3 is 11.7 Å². The van der Waals surface area contributed by atoms with Crippen LogP contribution in [0.4, 0.5) is 22.4 Å². The van der Waals surface area contributed by atoms with Crippen molar-refractivity contribution in [2.75, 3.05) is 39.4 Å². The van der Waals surface area contributed by atoms with Gasteiger partial charge in [-0.25, -0.2) is 23.4 Å². The molecule has 0 radical (unpaired) electrons. The van der Waals surface area contributed by atoms with Crippen LogP contribution in [0.15, 0.2) is 112 Å². The fourth-order valence-corrected chi connectivity index (χ4v) is 10.6. The zero-order chi connectivity index (χ0) is 54.8. The number of nitrogens with one attached hydrogen (secondary N) is 3. The van der Waals surface area contributed by atoms with Crippen LogP contribution in [0.2, 0.25) is 0 Å². The molecule has 6 heterocycles. The summed E-state index contributed by atoms with van der Waals surface area (Å²) >= 11 is 0.